The molecule has 0 saturated heterocycles. The third-order valence-corrected chi connectivity index (χ3v) is 2.79. The van der Waals surface area contributed by atoms with Crippen LogP contribution >= 0.6 is 0 Å². The van der Waals surface area contributed by atoms with E-state index in [1.807, 2.05) is 0 Å². The zero-order chi connectivity index (χ0) is 13.9. The van der Waals surface area contributed by atoms with Gasteiger partial charge in [-0.1, -0.05) is 12.8 Å². The third-order valence-electron chi connectivity index (χ3n) is 2.79. The van der Waals surface area contributed by atoms with Crippen molar-refractivity contribution in [2.24, 2.45) is 5.92 Å². The number of aromatic nitrogens is 2. The topological polar surface area (TPSA) is 47.0 Å². The van der Waals surface area contributed by atoms with E-state index in [9.17, 15) is 13.2 Å². The Morgan fingerprint density at radius 1 is 1.37 bits per heavy atom. The molecule has 1 aromatic heterocycles. The molecule has 0 aliphatic heterocycles. The first kappa shape index (κ1) is 13.9. The lowest BCUT2D eigenvalue weighted by Gasteiger charge is -2.11. The van der Waals surface area contributed by atoms with Crippen LogP contribution in [0.4, 0.5) is 19.0 Å². The summed E-state index contributed by atoms with van der Waals surface area (Å²) in [6, 6.07) is 1.39. The van der Waals surface area contributed by atoms with Gasteiger partial charge in [-0.3, -0.25) is 0 Å². The Kier molecular flexibility index (Phi) is 4.11. The normalized spacial score (nSPS) is 15.4. The maximum Gasteiger partial charge on any atom is 0.451 e. The van der Waals surface area contributed by atoms with Gasteiger partial charge in [-0.05, 0) is 19.3 Å². The van der Waals surface area contributed by atoms with E-state index in [4.69, 9.17) is 4.74 Å². The predicted octanol–water partition coefficient (Wildman–Crippen LogP) is 3.11. The van der Waals surface area contributed by atoms with Crippen molar-refractivity contribution in [3.63, 3.8) is 0 Å². The molecule has 106 valence electrons. The predicted molar refractivity (Wildman–Crippen MR) is 64.0 cm³/mol. The zero-order valence-electron chi connectivity index (χ0n) is 10.6. The maximum absolute atomic E-state index is 12.6. The van der Waals surface area contributed by atoms with Crippen molar-refractivity contribution in [1.29, 1.82) is 0 Å². The number of alkyl halides is 3. The summed E-state index contributed by atoms with van der Waals surface area (Å²) in [4.78, 5) is 6.83. The quantitative estimate of drug-likeness (QED) is 0.866. The van der Waals surface area contributed by atoms with Gasteiger partial charge in [-0.25, -0.2) is 4.98 Å². The van der Waals surface area contributed by atoms with Crippen LogP contribution < -0.4 is 10.1 Å². The fraction of sp³-hybridized carbons (Fsp3) is 0.667. The molecule has 1 aliphatic rings. The first-order valence-electron chi connectivity index (χ1n) is 6.32. The molecule has 0 unspecified atom stereocenters. The number of nitrogens with zero attached hydrogens (tertiary/aromatic N) is 2. The Hall–Kier alpha value is -1.53. The van der Waals surface area contributed by atoms with Gasteiger partial charge in [0.05, 0.1) is 6.61 Å². The molecule has 0 spiro atoms. The first-order chi connectivity index (χ1) is 8.99. The second-order valence-corrected chi connectivity index (χ2v) is 4.52. The highest BCUT2D eigenvalue weighted by molar-refractivity contribution is 5.38. The molecular weight excluding hydrogens is 259 g/mol. The molecule has 0 atom stereocenters. The second-order valence-electron chi connectivity index (χ2n) is 4.52. The van der Waals surface area contributed by atoms with Crippen LogP contribution in [-0.2, 0) is 6.18 Å². The molecule has 4 nitrogen and oxygen atoms in total. The van der Waals surface area contributed by atoms with Crippen molar-refractivity contribution in [3.05, 3.63) is 11.9 Å². The molecular formula is C12H16F3N3O. The average molecular weight is 275 g/mol. The van der Waals surface area contributed by atoms with E-state index in [-0.39, 0.29) is 11.7 Å². The number of anilines is 1. The smallest absolute Gasteiger partial charge is 0.451 e. The summed E-state index contributed by atoms with van der Waals surface area (Å²) in [5.41, 5.74) is 0. The minimum absolute atomic E-state index is 0.0288. The number of rotatable bonds is 6. The fourth-order valence-electron chi connectivity index (χ4n) is 1.63. The lowest BCUT2D eigenvalue weighted by molar-refractivity contribution is -0.145. The fourth-order valence-corrected chi connectivity index (χ4v) is 1.63. The van der Waals surface area contributed by atoms with E-state index in [2.05, 4.69) is 15.3 Å². The van der Waals surface area contributed by atoms with E-state index < -0.39 is 12.0 Å². The molecule has 0 aromatic carbocycles. The summed E-state index contributed by atoms with van der Waals surface area (Å²) < 4.78 is 43.2. The lowest BCUT2D eigenvalue weighted by Crippen LogP contribution is -2.14. The highest BCUT2D eigenvalue weighted by atomic mass is 19.4. The van der Waals surface area contributed by atoms with Crippen molar-refractivity contribution in [2.45, 2.75) is 32.4 Å². The summed E-state index contributed by atoms with van der Waals surface area (Å²) >= 11 is 0. The van der Waals surface area contributed by atoms with Gasteiger partial charge in [0, 0.05) is 12.6 Å². The van der Waals surface area contributed by atoms with Gasteiger partial charge in [0.25, 0.3) is 0 Å². The van der Waals surface area contributed by atoms with Crippen molar-refractivity contribution < 1.29 is 17.9 Å². The van der Waals surface area contributed by atoms with E-state index in [1.54, 1.807) is 6.92 Å². The number of halogens is 3. The standard InChI is InChI=1S/C12H16F3N3O/c1-2-16-9-7-10(19-6-5-8-3-4-8)18-11(17-9)12(13,14)15/h7-8H,2-6H2,1H3,(H,16,17,18). The van der Waals surface area contributed by atoms with Crippen molar-refractivity contribution >= 4 is 5.82 Å². The third kappa shape index (κ3) is 4.25. The van der Waals surface area contributed by atoms with Crippen LogP contribution in [0.5, 0.6) is 5.88 Å². The molecule has 1 fully saturated rings. The molecule has 19 heavy (non-hydrogen) atoms. The number of nitrogens with one attached hydrogen (secondary N) is 1. The Balaban J connectivity index is 2.08. The molecule has 1 N–H and O–H groups in total. The highest BCUT2D eigenvalue weighted by Crippen LogP contribution is 2.32. The molecule has 1 saturated carbocycles. The van der Waals surface area contributed by atoms with Crippen molar-refractivity contribution in [2.75, 3.05) is 18.5 Å². The summed E-state index contributed by atoms with van der Waals surface area (Å²) in [7, 11) is 0. The Morgan fingerprint density at radius 2 is 2.11 bits per heavy atom. The SMILES string of the molecule is CCNc1cc(OCCC2CC2)nc(C(F)(F)F)n1. The monoisotopic (exact) mass is 275 g/mol. The van der Waals surface area contributed by atoms with Crippen LogP contribution in [-0.4, -0.2) is 23.1 Å². The number of hydrogen-bond donors (Lipinski definition) is 1. The minimum Gasteiger partial charge on any atom is -0.478 e. The van der Waals surface area contributed by atoms with Crippen molar-refractivity contribution in [1.82, 2.24) is 9.97 Å². The van der Waals surface area contributed by atoms with Crippen LogP contribution in [0.2, 0.25) is 0 Å². The highest BCUT2D eigenvalue weighted by Gasteiger charge is 2.35. The Morgan fingerprint density at radius 3 is 2.68 bits per heavy atom. The van der Waals surface area contributed by atoms with Crippen LogP contribution in [0, 0.1) is 5.92 Å². The first-order valence-corrected chi connectivity index (χ1v) is 6.32. The molecule has 0 bridgehead atoms. The molecule has 2 rings (SSSR count). The lowest BCUT2D eigenvalue weighted by atomic mass is 10.3. The van der Waals surface area contributed by atoms with Gasteiger partial charge >= 0.3 is 6.18 Å². The summed E-state index contributed by atoms with van der Waals surface area (Å²) in [6.45, 7) is 2.66. The Bertz CT molecular complexity index is 433. The van der Waals surface area contributed by atoms with E-state index in [1.165, 1.54) is 18.9 Å². The zero-order valence-corrected chi connectivity index (χ0v) is 10.6. The van der Waals surface area contributed by atoms with Crippen molar-refractivity contribution in [3.8, 4) is 5.88 Å². The van der Waals surface area contributed by atoms with Gasteiger partial charge in [-0.15, -0.1) is 0 Å². The van der Waals surface area contributed by atoms with Gasteiger partial charge in [0.2, 0.25) is 11.7 Å². The van der Waals surface area contributed by atoms with E-state index >= 15 is 0 Å². The number of ether oxygens (including phenoxy) is 1. The van der Waals surface area contributed by atoms with Crippen LogP contribution in [0.1, 0.15) is 32.0 Å². The van der Waals surface area contributed by atoms with Gasteiger partial charge < -0.3 is 10.1 Å². The van der Waals surface area contributed by atoms with Gasteiger partial charge in [0.1, 0.15) is 5.82 Å². The second kappa shape index (κ2) is 5.63. The average Bonchev–Trinajstić information content (AvgIpc) is 3.12. The number of hydrogen-bond acceptors (Lipinski definition) is 4. The maximum atomic E-state index is 12.6. The van der Waals surface area contributed by atoms with Gasteiger partial charge in [-0.2, -0.15) is 18.2 Å². The van der Waals surface area contributed by atoms with Crippen LogP contribution in [0.25, 0.3) is 0 Å². The van der Waals surface area contributed by atoms with Crippen LogP contribution in [0.15, 0.2) is 6.07 Å². The molecule has 1 aromatic rings. The molecule has 7 heteroatoms. The summed E-state index contributed by atoms with van der Waals surface area (Å²) in [5, 5.41) is 2.74. The van der Waals surface area contributed by atoms with E-state index in [0.717, 1.165) is 6.42 Å². The summed E-state index contributed by atoms with van der Waals surface area (Å²) in [5.74, 6) is -0.408. The van der Waals surface area contributed by atoms with Gasteiger partial charge in [0.15, 0.2) is 0 Å². The summed E-state index contributed by atoms with van der Waals surface area (Å²) in [6.07, 6.45) is -1.34. The minimum atomic E-state index is -4.57. The molecule has 0 amide bonds. The molecule has 1 heterocycles. The molecule has 1 aliphatic carbocycles. The van der Waals surface area contributed by atoms with E-state index in [0.29, 0.717) is 19.1 Å². The van der Waals surface area contributed by atoms with Crippen LogP contribution in [0.3, 0.4) is 0 Å². The Labute approximate surface area is 109 Å². The molecule has 0 radical (unpaired) electrons. The largest absolute Gasteiger partial charge is 0.478 e.